The second-order valence-electron chi connectivity index (χ2n) is 5.73. The lowest BCUT2D eigenvalue weighted by atomic mass is 10.0. The van der Waals surface area contributed by atoms with Crippen molar-refractivity contribution in [3.05, 3.63) is 30.1 Å². The summed E-state index contributed by atoms with van der Waals surface area (Å²) in [6, 6.07) is 2.84. The van der Waals surface area contributed by atoms with E-state index in [0.29, 0.717) is 18.7 Å². The molecule has 22 heavy (non-hydrogen) atoms. The standard InChI is InChI=1S/C14H19N3O4S/c1-22(19,20)16-11-9-17(12-3-2-8-21-13(11)12)14(18)10-4-6-15-7-5-10/h4-7,11-13,16H,2-3,8-9H2,1H3/t11-,12-,13-/m1/s1. The Kier molecular flexibility index (Phi) is 4.16. The molecule has 1 aromatic rings. The summed E-state index contributed by atoms with van der Waals surface area (Å²) in [5.41, 5.74) is 0.555. The first kappa shape index (κ1) is 15.4. The first-order valence-corrected chi connectivity index (χ1v) is 9.15. The molecule has 0 spiro atoms. The van der Waals surface area contributed by atoms with Gasteiger partial charge in [-0.2, -0.15) is 0 Å². The summed E-state index contributed by atoms with van der Waals surface area (Å²) in [6.07, 6.45) is 5.68. The zero-order chi connectivity index (χ0) is 15.7. The Morgan fingerprint density at radius 1 is 1.41 bits per heavy atom. The number of sulfonamides is 1. The van der Waals surface area contributed by atoms with Gasteiger partial charge in [0.2, 0.25) is 10.0 Å². The van der Waals surface area contributed by atoms with Crippen LogP contribution in [0.3, 0.4) is 0 Å². The molecular formula is C14H19N3O4S. The fourth-order valence-corrected chi connectivity index (χ4v) is 3.99. The van der Waals surface area contributed by atoms with Crippen molar-refractivity contribution in [1.29, 1.82) is 0 Å². The van der Waals surface area contributed by atoms with Gasteiger partial charge in [0.1, 0.15) is 0 Å². The number of ether oxygens (including phenoxy) is 1. The number of nitrogens with one attached hydrogen (secondary N) is 1. The van der Waals surface area contributed by atoms with Crippen molar-refractivity contribution in [3.8, 4) is 0 Å². The Balaban J connectivity index is 1.84. The maximum Gasteiger partial charge on any atom is 0.254 e. The number of carbonyl (C=O) groups is 1. The van der Waals surface area contributed by atoms with Gasteiger partial charge in [-0.25, -0.2) is 13.1 Å². The second kappa shape index (κ2) is 5.94. The highest BCUT2D eigenvalue weighted by Crippen LogP contribution is 2.30. The highest BCUT2D eigenvalue weighted by molar-refractivity contribution is 7.88. The van der Waals surface area contributed by atoms with Gasteiger partial charge in [0.15, 0.2) is 0 Å². The van der Waals surface area contributed by atoms with Gasteiger partial charge in [0.25, 0.3) is 5.91 Å². The molecule has 120 valence electrons. The summed E-state index contributed by atoms with van der Waals surface area (Å²) in [5, 5.41) is 0. The second-order valence-corrected chi connectivity index (χ2v) is 7.51. The van der Waals surface area contributed by atoms with E-state index < -0.39 is 16.1 Å². The molecule has 3 heterocycles. The average molecular weight is 325 g/mol. The Hall–Kier alpha value is -1.51. The third-order valence-electron chi connectivity index (χ3n) is 4.08. The molecule has 1 aromatic heterocycles. The number of aromatic nitrogens is 1. The fourth-order valence-electron chi connectivity index (χ4n) is 3.23. The predicted molar refractivity (Wildman–Crippen MR) is 79.8 cm³/mol. The molecule has 0 radical (unpaired) electrons. The zero-order valence-electron chi connectivity index (χ0n) is 12.3. The lowest BCUT2D eigenvalue weighted by Crippen LogP contribution is -2.47. The van der Waals surface area contributed by atoms with E-state index >= 15 is 0 Å². The van der Waals surface area contributed by atoms with Crippen LogP contribution in [0, 0.1) is 0 Å². The third kappa shape index (κ3) is 3.13. The first-order valence-electron chi connectivity index (χ1n) is 7.25. The normalized spacial score (nSPS) is 28.4. The van der Waals surface area contributed by atoms with E-state index in [1.54, 1.807) is 29.4 Å². The summed E-state index contributed by atoms with van der Waals surface area (Å²) >= 11 is 0. The van der Waals surface area contributed by atoms with Crippen LogP contribution in [-0.4, -0.2) is 61.8 Å². The molecule has 1 N–H and O–H groups in total. The van der Waals surface area contributed by atoms with Crippen molar-refractivity contribution in [2.75, 3.05) is 19.4 Å². The predicted octanol–water partition coefficient (Wildman–Crippen LogP) is 0.00280. The number of likely N-dealkylation sites (tertiary alicyclic amines) is 1. The molecule has 2 aliphatic heterocycles. The number of fused-ring (bicyclic) bond motifs is 1. The van der Waals surface area contributed by atoms with Gasteiger partial charge in [-0.05, 0) is 25.0 Å². The van der Waals surface area contributed by atoms with Crippen molar-refractivity contribution in [3.63, 3.8) is 0 Å². The molecule has 0 aliphatic carbocycles. The molecule has 0 aromatic carbocycles. The molecule has 0 unspecified atom stereocenters. The SMILES string of the molecule is CS(=O)(=O)N[C@@H]1CN(C(=O)c2ccncc2)[C@@H]2CCCO[C@@H]21. The van der Waals surface area contributed by atoms with E-state index in [0.717, 1.165) is 19.1 Å². The Morgan fingerprint density at radius 2 is 2.14 bits per heavy atom. The monoisotopic (exact) mass is 325 g/mol. The van der Waals surface area contributed by atoms with E-state index in [4.69, 9.17) is 4.74 Å². The molecule has 1 amide bonds. The molecule has 3 atom stereocenters. The van der Waals surface area contributed by atoms with Gasteiger partial charge in [-0.1, -0.05) is 0 Å². The van der Waals surface area contributed by atoms with E-state index in [9.17, 15) is 13.2 Å². The van der Waals surface area contributed by atoms with Crippen LogP contribution in [0.4, 0.5) is 0 Å². The molecule has 0 bridgehead atoms. The molecule has 2 saturated heterocycles. The van der Waals surface area contributed by atoms with Crippen LogP contribution in [0.25, 0.3) is 0 Å². The number of nitrogens with zero attached hydrogens (tertiary/aromatic N) is 2. The van der Waals surface area contributed by atoms with Crippen molar-refractivity contribution >= 4 is 15.9 Å². The van der Waals surface area contributed by atoms with E-state index in [2.05, 4.69) is 9.71 Å². The average Bonchev–Trinajstić information content (AvgIpc) is 2.85. The summed E-state index contributed by atoms with van der Waals surface area (Å²) in [7, 11) is -3.35. The highest BCUT2D eigenvalue weighted by Gasteiger charge is 2.46. The molecule has 2 aliphatic rings. The van der Waals surface area contributed by atoms with E-state index in [1.807, 2.05) is 0 Å². The third-order valence-corrected chi connectivity index (χ3v) is 4.81. The van der Waals surface area contributed by atoms with Crippen molar-refractivity contribution < 1.29 is 17.9 Å². The lowest BCUT2D eigenvalue weighted by Gasteiger charge is -2.32. The molecule has 7 nitrogen and oxygen atoms in total. The first-order chi connectivity index (χ1) is 10.5. The molecular weight excluding hydrogens is 306 g/mol. The van der Waals surface area contributed by atoms with Gasteiger partial charge < -0.3 is 9.64 Å². The largest absolute Gasteiger partial charge is 0.374 e. The van der Waals surface area contributed by atoms with Crippen molar-refractivity contribution in [2.24, 2.45) is 0 Å². The molecule has 0 saturated carbocycles. The number of pyridine rings is 1. The molecule has 2 fully saturated rings. The van der Waals surface area contributed by atoms with Crippen LogP contribution in [0.5, 0.6) is 0 Å². The van der Waals surface area contributed by atoms with Crippen LogP contribution in [0.2, 0.25) is 0 Å². The van der Waals surface area contributed by atoms with E-state index in [1.165, 1.54) is 0 Å². The van der Waals surface area contributed by atoms with E-state index in [-0.39, 0.29) is 18.1 Å². The minimum Gasteiger partial charge on any atom is -0.374 e. The number of amides is 1. The number of hydrogen-bond donors (Lipinski definition) is 1. The van der Waals surface area contributed by atoms with Gasteiger partial charge in [-0.3, -0.25) is 9.78 Å². The van der Waals surface area contributed by atoms with Gasteiger partial charge in [0.05, 0.1) is 24.4 Å². The maximum atomic E-state index is 12.7. The van der Waals surface area contributed by atoms with Crippen molar-refractivity contribution in [2.45, 2.75) is 31.0 Å². The Morgan fingerprint density at radius 3 is 2.82 bits per heavy atom. The summed E-state index contributed by atoms with van der Waals surface area (Å²) in [6.45, 7) is 0.921. The number of carbonyl (C=O) groups excluding carboxylic acids is 1. The van der Waals surface area contributed by atoms with Gasteiger partial charge >= 0.3 is 0 Å². The summed E-state index contributed by atoms with van der Waals surface area (Å²) in [4.78, 5) is 18.3. The molecule has 8 heteroatoms. The quantitative estimate of drug-likeness (QED) is 0.845. The minimum absolute atomic E-state index is 0.0892. The minimum atomic E-state index is -3.35. The highest BCUT2D eigenvalue weighted by atomic mass is 32.2. The topological polar surface area (TPSA) is 88.6 Å². The smallest absolute Gasteiger partial charge is 0.254 e. The maximum absolute atomic E-state index is 12.7. The van der Waals surface area contributed by atoms with Crippen LogP contribution < -0.4 is 4.72 Å². The van der Waals surface area contributed by atoms with Crippen LogP contribution in [0.15, 0.2) is 24.5 Å². The fraction of sp³-hybridized carbons (Fsp3) is 0.571. The van der Waals surface area contributed by atoms with Crippen LogP contribution in [0.1, 0.15) is 23.2 Å². The Bertz CT molecular complexity index is 649. The number of rotatable bonds is 3. The zero-order valence-corrected chi connectivity index (χ0v) is 13.1. The van der Waals surface area contributed by atoms with Gasteiger partial charge in [0, 0.05) is 31.1 Å². The Labute approximate surface area is 129 Å². The molecule has 3 rings (SSSR count). The number of hydrogen-bond acceptors (Lipinski definition) is 5. The van der Waals surface area contributed by atoms with Crippen molar-refractivity contribution in [1.82, 2.24) is 14.6 Å². The lowest BCUT2D eigenvalue weighted by molar-refractivity contribution is -0.0156. The summed E-state index contributed by atoms with van der Waals surface area (Å²) < 4.78 is 31.4. The summed E-state index contributed by atoms with van der Waals surface area (Å²) in [5.74, 6) is -0.110. The van der Waals surface area contributed by atoms with Gasteiger partial charge in [-0.15, -0.1) is 0 Å². The van der Waals surface area contributed by atoms with Crippen LogP contribution >= 0.6 is 0 Å². The van der Waals surface area contributed by atoms with Crippen LogP contribution in [-0.2, 0) is 14.8 Å².